The molecule has 0 aromatic heterocycles. The number of hydrogen-bond acceptors (Lipinski definition) is 4. The molecule has 0 aliphatic carbocycles. The van der Waals surface area contributed by atoms with Crippen molar-refractivity contribution in [3.63, 3.8) is 0 Å². The monoisotopic (exact) mass is 325 g/mol. The number of piperidine rings is 1. The van der Waals surface area contributed by atoms with E-state index in [0.29, 0.717) is 25.9 Å². The summed E-state index contributed by atoms with van der Waals surface area (Å²) < 4.78 is 50.9. The molecule has 6 nitrogen and oxygen atoms in total. The average molecular weight is 325 g/mol. The molecule has 0 bridgehead atoms. The van der Waals surface area contributed by atoms with Gasteiger partial charge in [0.25, 0.3) is 5.92 Å². The Kier molecular flexibility index (Phi) is 4.84. The highest BCUT2D eigenvalue weighted by molar-refractivity contribution is 7.89. The van der Waals surface area contributed by atoms with Gasteiger partial charge in [-0.15, -0.1) is 0 Å². The average Bonchev–Trinajstić information content (AvgIpc) is 2.80. The van der Waals surface area contributed by atoms with Crippen LogP contribution in [0.5, 0.6) is 0 Å². The van der Waals surface area contributed by atoms with Gasteiger partial charge >= 0.3 is 0 Å². The minimum Gasteiger partial charge on any atom is -0.352 e. The van der Waals surface area contributed by atoms with Crippen molar-refractivity contribution in [3.05, 3.63) is 0 Å². The predicted octanol–water partition coefficient (Wildman–Crippen LogP) is -0.0861. The minimum atomic E-state index is -3.20. The van der Waals surface area contributed by atoms with Gasteiger partial charge in [0.2, 0.25) is 15.9 Å². The summed E-state index contributed by atoms with van der Waals surface area (Å²) >= 11 is 0. The van der Waals surface area contributed by atoms with Crippen molar-refractivity contribution in [2.45, 2.75) is 44.2 Å². The van der Waals surface area contributed by atoms with Crippen LogP contribution in [0.4, 0.5) is 8.78 Å². The highest BCUT2D eigenvalue weighted by Crippen LogP contribution is 2.25. The number of alkyl halides is 2. The molecule has 0 radical (unpaired) electrons. The zero-order chi connectivity index (χ0) is 15.7. The summed E-state index contributed by atoms with van der Waals surface area (Å²) in [5.74, 6) is -3.20. The van der Waals surface area contributed by atoms with E-state index in [2.05, 4.69) is 10.6 Å². The van der Waals surface area contributed by atoms with Crippen LogP contribution in [0, 0.1) is 0 Å². The normalized spacial score (nSPS) is 27.7. The number of sulfonamides is 1. The molecule has 21 heavy (non-hydrogen) atoms. The van der Waals surface area contributed by atoms with Crippen molar-refractivity contribution in [2.75, 3.05) is 25.4 Å². The van der Waals surface area contributed by atoms with Gasteiger partial charge in [-0.1, -0.05) is 0 Å². The van der Waals surface area contributed by atoms with E-state index in [4.69, 9.17) is 0 Å². The second-order valence-corrected chi connectivity index (χ2v) is 7.83. The van der Waals surface area contributed by atoms with Crippen molar-refractivity contribution in [2.24, 2.45) is 0 Å². The van der Waals surface area contributed by atoms with Crippen LogP contribution in [0.2, 0.25) is 0 Å². The van der Waals surface area contributed by atoms with E-state index in [0.717, 1.165) is 0 Å². The Morgan fingerprint density at radius 1 is 1.38 bits per heavy atom. The number of hydrogen-bond donors (Lipinski definition) is 2. The van der Waals surface area contributed by atoms with Crippen LogP contribution in [-0.2, 0) is 14.8 Å². The molecule has 0 saturated carbocycles. The topological polar surface area (TPSA) is 78.5 Å². The molecule has 9 heteroatoms. The lowest BCUT2D eigenvalue weighted by molar-refractivity contribution is -0.124. The molecule has 2 heterocycles. The third-order valence-electron chi connectivity index (χ3n) is 3.98. The van der Waals surface area contributed by atoms with E-state index in [1.165, 1.54) is 4.31 Å². The maximum absolute atomic E-state index is 13.0. The fourth-order valence-electron chi connectivity index (χ4n) is 2.66. The van der Waals surface area contributed by atoms with E-state index in [1.54, 1.807) is 6.92 Å². The Labute approximate surface area is 123 Å². The number of amides is 1. The van der Waals surface area contributed by atoms with E-state index in [-0.39, 0.29) is 11.8 Å². The number of carbonyl (C=O) groups is 1. The van der Waals surface area contributed by atoms with Crippen LogP contribution in [0.25, 0.3) is 0 Å². The Bertz CT molecular complexity index is 490. The van der Waals surface area contributed by atoms with Gasteiger partial charge in [0.05, 0.1) is 18.3 Å². The molecule has 2 aliphatic rings. The molecule has 1 atom stereocenters. The van der Waals surface area contributed by atoms with Crippen LogP contribution in [0.1, 0.15) is 26.2 Å². The predicted molar refractivity (Wildman–Crippen MR) is 73.6 cm³/mol. The van der Waals surface area contributed by atoms with Gasteiger partial charge in [-0.25, -0.2) is 21.5 Å². The maximum atomic E-state index is 13.0. The molecule has 1 unspecified atom stereocenters. The van der Waals surface area contributed by atoms with E-state index in [1.807, 2.05) is 0 Å². The number of halogens is 2. The highest BCUT2D eigenvalue weighted by atomic mass is 32.2. The minimum absolute atomic E-state index is 0.0606. The lowest BCUT2D eigenvalue weighted by Gasteiger charge is -2.31. The smallest absolute Gasteiger partial charge is 0.262 e. The number of nitrogens with one attached hydrogen (secondary N) is 2. The zero-order valence-electron chi connectivity index (χ0n) is 11.9. The van der Waals surface area contributed by atoms with Crippen LogP contribution in [-0.4, -0.2) is 62.0 Å². The Balaban J connectivity index is 1.80. The van der Waals surface area contributed by atoms with Gasteiger partial charge in [-0.05, 0) is 19.8 Å². The number of carbonyl (C=O) groups excluding carboxylic acids is 1. The summed E-state index contributed by atoms with van der Waals surface area (Å²) in [5, 5.41) is 5.24. The van der Waals surface area contributed by atoms with Gasteiger partial charge in [0.15, 0.2) is 0 Å². The van der Waals surface area contributed by atoms with Crippen molar-refractivity contribution < 1.29 is 22.0 Å². The molecular weight excluding hydrogens is 304 g/mol. The van der Waals surface area contributed by atoms with Gasteiger partial charge in [0, 0.05) is 25.6 Å². The standard InChI is InChI=1S/C12H21F2N3O3S/c1-2-21(19,20)17-5-3-9(4-6-17)16-11(18)10-7-12(13,14)8-15-10/h9-10,15H,2-8H2,1H3,(H,16,18). The molecule has 0 aromatic rings. The lowest BCUT2D eigenvalue weighted by Crippen LogP contribution is -2.50. The molecule has 2 fully saturated rings. The molecule has 0 spiro atoms. The summed E-state index contributed by atoms with van der Waals surface area (Å²) in [6.07, 6.45) is 0.532. The van der Waals surface area contributed by atoms with Gasteiger partial charge in [0.1, 0.15) is 0 Å². The molecule has 2 rings (SSSR count). The van der Waals surface area contributed by atoms with Crippen molar-refractivity contribution in [1.29, 1.82) is 0 Å². The van der Waals surface area contributed by atoms with Crippen molar-refractivity contribution >= 4 is 15.9 Å². The van der Waals surface area contributed by atoms with Crippen LogP contribution in [0.3, 0.4) is 0 Å². The summed E-state index contributed by atoms with van der Waals surface area (Å²) in [6, 6.07) is -1.02. The fraction of sp³-hybridized carbons (Fsp3) is 0.917. The second-order valence-electron chi connectivity index (χ2n) is 5.58. The van der Waals surface area contributed by atoms with Gasteiger partial charge < -0.3 is 5.32 Å². The van der Waals surface area contributed by atoms with E-state index < -0.39 is 40.9 Å². The zero-order valence-corrected chi connectivity index (χ0v) is 12.8. The molecule has 1 amide bonds. The van der Waals surface area contributed by atoms with Gasteiger partial charge in [-0.3, -0.25) is 10.1 Å². The molecule has 0 aromatic carbocycles. The third kappa shape index (κ3) is 4.10. The molecule has 2 saturated heterocycles. The quantitative estimate of drug-likeness (QED) is 0.757. The number of rotatable bonds is 4. The first-order chi connectivity index (χ1) is 9.73. The summed E-state index contributed by atoms with van der Waals surface area (Å²) in [6.45, 7) is 1.83. The fourth-order valence-corrected chi connectivity index (χ4v) is 3.80. The van der Waals surface area contributed by atoms with Crippen LogP contribution >= 0.6 is 0 Å². The third-order valence-corrected chi connectivity index (χ3v) is 5.87. The largest absolute Gasteiger partial charge is 0.352 e. The Hall–Kier alpha value is -0.800. The lowest BCUT2D eigenvalue weighted by atomic mass is 10.1. The highest BCUT2D eigenvalue weighted by Gasteiger charge is 2.42. The number of nitrogens with zero attached hydrogens (tertiary/aromatic N) is 1. The molecule has 122 valence electrons. The van der Waals surface area contributed by atoms with Crippen molar-refractivity contribution in [1.82, 2.24) is 14.9 Å². The summed E-state index contributed by atoms with van der Waals surface area (Å²) in [5.41, 5.74) is 0. The summed E-state index contributed by atoms with van der Waals surface area (Å²) in [7, 11) is -3.20. The van der Waals surface area contributed by atoms with Gasteiger partial charge in [-0.2, -0.15) is 0 Å². The first-order valence-electron chi connectivity index (χ1n) is 7.13. The second kappa shape index (κ2) is 6.13. The first-order valence-corrected chi connectivity index (χ1v) is 8.74. The Morgan fingerprint density at radius 2 is 2.00 bits per heavy atom. The van der Waals surface area contributed by atoms with Crippen LogP contribution < -0.4 is 10.6 Å². The molecule has 2 aliphatic heterocycles. The van der Waals surface area contributed by atoms with E-state index >= 15 is 0 Å². The molecule has 2 N–H and O–H groups in total. The summed E-state index contributed by atoms with van der Waals surface area (Å²) in [4.78, 5) is 11.9. The SMILES string of the molecule is CCS(=O)(=O)N1CCC(NC(=O)C2CC(F)(F)CN2)CC1. The van der Waals surface area contributed by atoms with Crippen molar-refractivity contribution in [3.8, 4) is 0 Å². The first kappa shape index (κ1) is 16.6. The maximum Gasteiger partial charge on any atom is 0.262 e. The van der Waals surface area contributed by atoms with Crippen LogP contribution in [0.15, 0.2) is 0 Å². The molecular formula is C12H21F2N3O3S. The Morgan fingerprint density at radius 3 is 2.48 bits per heavy atom. The van der Waals surface area contributed by atoms with E-state index in [9.17, 15) is 22.0 Å².